The van der Waals surface area contributed by atoms with Gasteiger partial charge in [0.25, 0.3) is 0 Å². The zero-order chi connectivity index (χ0) is 21.5. The molecule has 0 atom stereocenters. The molecule has 29 heavy (non-hydrogen) atoms. The number of carbonyl (C=O) groups is 1. The lowest BCUT2D eigenvalue weighted by molar-refractivity contribution is -0.0322. The van der Waals surface area contributed by atoms with Crippen LogP contribution in [0.4, 0.5) is 13.2 Å². The van der Waals surface area contributed by atoms with Gasteiger partial charge in [-0.2, -0.15) is 18.4 Å². The summed E-state index contributed by atoms with van der Waals surface area (Å²) in [6.45, 7) is 2.16. The van der Waals surface area contributed by atoms with Gasteiger partial charge in [0.2, 0.25) is 0 Å². The highest BCUT2D eigenvalue weighted by Gasteiger charge is 2.31. The number of benzene rings is 1. The maximum absolute atomic E-state index is 13.0. The zero-order valence-corrected chi connectivity index (χ0v) is 17.9. The molecular weight excluding hydrogens is 395 g/mol. The third-order valence-corrected chi connectivity index (χ3v) is 5.59. The topological polar surface area (TPSA) is 40.9 Å². The molecule has 0 aliphatic rings. The van der Waals surface area contributed by atoms with Crippen molar-refractivity contribution in [2.75, 3.05) is 0 Å². The van der Waals surface area contributed by atoms with Gasteiger partial charge in [0.1, 0.15) is 0 Å². The molecule has 0 fully saturated rings. The van der Waals surface area contributed by atoms with Gasteiger partial charge in [-0.3, -0.25) is 4.79 Å². The molecule has 0 saturated carbocycles. The van der Waals surface area contributed by atoms with E-state index in [9.17, 15) is 23.2 Å². The van der Waals surface area contributed by atoms with Crippen molar-refractivity contribution in [3.05, 3.63) is 46.4 Å². The number of Topliss-reactive ketones (excluding diaryl/α,β-unsaturated/α-hetero) is 1. The van der Waals surface area contributed by atoms with Crippen LogP contribution in [0.25, 0.3) is 0 Å². The summed E-state index contributed by atoms with van der Waals surface area (Å²) >= 11 is -0.197. The van der Waals surface area contributed by atoms with E-state index in [0.717, 1.165) is 19.3 Å². The Bertz CT molecular complexity index is 678. The molecule has 0 radical (unpaired) electrons. The first kappa shape index (κ1) is 25.3. The lowest BCUT2D eigenvalue weighted by Crippen LogP contribution is -2.04. The molecule has 0 spiro atoms. The molecule has 2 nitrogen and oxygen atoms in total. The van der Waals surface area contributed by atoms with Crippen molar-refractivity contribution in [3.63, 3.8) is 0 Å². The minimum atomic E-state index is -4.43. The molecule has 0 bridgehead atoms. The highest BCUT2D eigenvalue weighted by Crippen LogP contribution is 2.41. The summed E-state index contributed by atoms with van der Waals surface area (Å²) in [5.41, 5.74) is -3.83. The lowest BCUT2D eigenvalue weighted by atomic mass is 10.0. The van der Waals surface area contributed by atoms with Crippen LogP contribution in [0.1, 0.15) is 87.9 Å². The fraction of sp³-hybridized carbons (Fsp3) is 0.565. The largest absolute Gasteiger partial charge is 0.446 e. The Morgan fingerprint density at radius 1 is 0.931 bits per heavy atom. The number of thioether (sulfide) groups is 1. The monoisotopic (exact) mass is 425 g/mol. The SMILES string of the molecule is CCCCCCCCCC/C(SC(F)(F)F)=C(\C#N)CCC(=O)c1ccccc1. The molecule has 1 rings (SSSR count). The molecule has 0 aliphatic carbocycles. The van der Waals surface area contributed by atoms with Gasteiger partial charge in [0.05, 0.1) is 6.07 Å². The summed E-state index contributed by atoms with van der Waals surface area (Å²) in [7, 11) is 0. The average molecular weight is 426 g/mol. The number of hydrogen-bond acceptors (Lipinski definition) is 3. The first-order valence-corrected chi connectivity index (χ1v) is 11.1. The maximum Gasteiger partial charge on any atom is 0.446 e. The van der Waals surface area contributed by atoms with Crippen LogP contribution in [-0.4, -0.2) is 11.3 Å². The number of hydrogen-bond donors (Lipinski definition) is 0. The van der Waals surface area contributed by atoms with Crippen LogP contribution < -0.4 is 0 Å². The van der Waals surface area contributed by atoms with Crippen molar-refractivity contribution in [2.24, 2.45) is 0 Å². The number of alkyl halides is 3. The summed E-state index contributed by atoms with van der Waals surface area (Å²) in [4.78, 5) is 12.3. The minimum Gasteiger partial charge on any atom is -0.294 e. The van der Waals surface area contributed by atoms with Crippen LogP contribution in [0.2, 0.25) is 0 Å². The number of rotatable bonds is 14. The number of nitriles is 1. The van der Waals surface area contributed by atoms with Gasteiger partial charge in [-0.1, -0.05) is 82.2 Å². The van der Waals surface area contributed by atoms with E-state index < -0.39 is 5.51 Å². The second-order valence-electron chi connectivity index (χ2n) is 7.08. The molecule has 6 heteroatoms. The molecule has 0 aliphatic heterocycles. The van der Waals surface area contributed by atoms with E-state index in [-0.39, 0.29) is 47.3 Å². The van der Waals surface area contributed by atoms with Crippen molar-refractivity contribution in [1.29, 1.82) is 5.26 Å². The number of halogens is 3. The summed E-state index contributed by atoms with van der Waals surface area (Å²) in [6, 6.07) is 10.5. The average Bonchev–Trinajstić information content (AvgIpc) is 2.69. The summed E-state index contributed by atoms with van der Waals surface area (Å²) in [5.74, 6) is -0.165. The van der Waals surface area contributed by atoms with Crippen LogP contribution in [-0.2, 0) is 0 Å². The Morgan fingerprint density at radius 2 is 1.52 bits per heavy atom. The molecule has 1 aromatic rings. The van der Waals surface area contributed by atoms with Crippen LogP contribution in [0.3, 0.4) is 0 Å². The van der Waals surface area contributed by atoms with E-state index in [0.29, 0.717) is 12.0 Å². The van der Waals surface area contributed by atoms with Gasteiger partial charge in [0, 0.05) is 22.5 Å². The maximum atomic E-state index is 13.0. The molecule has 0 amide bonds. The number of ketones is 1. The Hall–Kier alpha value is -1.74. The second-order valence-corrected chi connectivity index (χ2v) is 8.24. The Morgan fingerprint density at radius 3 is 2.07 bits per heavy atom. The van der Waals surface area contributed by atoms with Crippen LogP contribution in [0.15, 0.2) is 40.8 Å². The molecule has 0 heterocycles. The highest BCUT2D eigenvalue weighted by atomic mass is 32.2. The van der Waals surface area contributed by atoms with Crippen molar-refractivity contribution in [3.8, 4) is 6.07 Å². The van der Waals surface area contributed by atoms with Crippen LogP contribution >= 0.6 is 11.8 Å². The first-order valence-electron chi connectivity index (χ1n) is 10.3. The van der Waals surface area contributed by atoms with E-state index in [1.165, 1.54) is 25.7 Å². The van der Waals surface area contributed by atoms with Gasteiger partial charge in [-0.15, -0.1) is 0 Å². The van der Waals surface area contributed by atoms with Gasteiger partial charge in [-0.25, -0.2) is 0 Å². The standard InChI is InChI=1S/C23H30F3NOS/c1-2-3-4-5-6-7-8-12-15-22(29-23(24,25)26)20(18-27)16-17-21(28)19-13-10-9-11-14-19/h9-11,13-14H,2-8,12,15-17H2,1H3/b22-20+. The first-order chi connectivity index (χ1) is 13.9. The normalized spacial score (nSPS) is 12.4. The van der Waals surface area contributed by atoms with Crippen molar-refractivity contribution >= 4 is 17.5 Å². The van der Waals surface area contributed by atoms with E-state index in [1.807, 2.05) is 6.07 Å². The van der Waals surface area contributed by atoms with Crippen molar-refractivity contribution in [2.45, 2.75) is 83.1 Å². The molecule has 0 saturated heterocycles. The summed E-state index contributed by atoms with van der Waals surface area (Å²) < 4.78 is 38.9. The van der Waals surface area contributed by atoms with Gasteiger partial charge in [-0.05, 0) is 31.0 Å². The Kier molecular flexibility index (Phi) is 12.5. The van der Waals surface area contributed by atoms with Gasteiger partial charge in [0.15, 0.2) is 5.78 Å². The van der Waals surface area contributed by atoms with Crippen LogP contribution in [0, 0.1) is 11.3 Å². The molecule has 0 N–H and O–H groups in total. The highest BCUT2D eigenvalue weighted by molar-refractivity contribution is 8.03. The molecule has 160 valence electrons. The summed E-state index contributed by atoms with van der Waals surface area (Å²) in [6.07, 6.45) is 8.69. The lowest BCUT2D eigenvalue weighted by Gasteiger charge is -2.13. The zero-order valence-electron chi connectivity index (χ0n) is 17.1. The van der Waals surface area contributed by atoms with E-state index >= 15 is 0 Å². The number of nitrogens with zero attached hydrogens (tertiary/aromatic N) is 1. The van der Waals surface area contributed by atoms with E-state index in [4.69, 9.17) is 0 Å². The number of allylic oxidation sites excluding steroid dienone is 2. The Balaban J connectivity index is 2.62. The van der Waals surface area contributed by atoms with Crippen LogP contribution in [0.5, 0.6) is 0 Å². The smallest absolute Gasteiger partial charge is 0.294 e. The van der Waals surface area contributed by atoms with Crippen molar-refractivity contribution < 1.29 is 18.0 Å². The van der Waals surface area contributed by atoms with Gasteiger partial charge < -0.3 is 0 Å². The Labute approximate surface area is 176 Å². The minimum absolute atomic E-state index is 0.0340. The molecular formula is C23H30F3NOS. The number of unbranched alkanes of at least 4 members (excludes halogenated alkanes) is 7. The molecule has 0 aromatic heterocycles. The third-order valence-electron chi connectivity index (χ3n) is 4.67. The summed E-state index contributed by atoms with van der Waals surface area (Å²) in [5, 5.41) is 9.40. The van der Waals surface area contributed by atoms with Gasteiger partial charge >= 0.3 is 5.51 Å². The predicted octanol–water partition coefficient (Wildman–Crippen LogP) is 8.21. The van der Waals surface area contributed by atoms with E-state index in [2.05, 4.69) is 6.92 Å². The second kappa shape index (κ2) is 14.3. The molecule has 0 unspecified atom stereocenters. The fourth-order valence-electron chi connectivity index (χ4n) is 3.09. The molecule has 1 aromatic carbocycles. The predicted molar refractivity (Wildman–Crippen MR) is 114 cm³/mol. The number of carbonyl (C=O) groups excluding carboxylic acids is 1. The quantitative estimate of drug-likeness (QED) is 0.171. The van der Waals surface area contributed by atoms with Crippen molar-refractivity contribution in [1.82, 2.24) is 0 Å². The fourth-order valence-corrected chi connectivity index (χ4v) is 3.88. The third kappa shape index (κ3) is 11.8. The van der Waals surface area contributed by atoms with E-state index in [1.54, 1.807) is 30.3 Å².